The van der Waals surface area contributed by atoms with Gasteiger partial charge in [0.25, 0.3) is 0 Å². The van der Waals surface area contributed by atoms with E-state index in [0.717, 1.165) is 45.4 Å². The second-order valence-corrected chi connectivity index (χ2v) is 5.36. The molecule has 0 aliphatic carbocycles. The van der Waals surface area contributed by atoms with Gasteiger partial charge in [0.15, 0.2) is 0 Å². The first kappa shape index (κ1) is 12.0. The van der Waals surface area contributed by atoms with E-state index in [1.807, 2.05) is 17.5 Å². The summed E-state index contributed by atoms with van der Waals surface area (Å²) in [5.74, 6) is 0. The van der Waals surface area contributed by atoms with Gasteiger partial charge in [-0.25, -0.2) is 4.98 Å². The van der Waals surface area contributed by atoms with E-state index in [0.29, 0.717) is 6.04 Å². The Balaban J connectivity index is 1.66. The fourth-order valence-electron chi connectivity index (χ4n) is 1.91. The van der Waals surface area contributed by atoms with E-state index in [1.54, 1.807) is 0 Å². The molecule has 0 unspecified atom stereocenters. The van der Waals surface area contributed by atoms with Crippen molar-refractivity contribution >= 4 is 11.3 Å². The highest BCUT2D eigenvalue weighted by atomic mass is 32.1. The largest absolute Gasteiger partial charge is 0.381 e. The molecule has 0 bridgehead atoms. The maximum Gasteiger partial charge on any atom is 0.0940 e. The number of nitrogens with one attached hydrogen (secondary N) is 1. The SMILES string of the molecule is CCc1cnc(CCNC2CCOCC2)s1. The molecule has 1 aliphatic rings. The number of rotatable bonds is 5. The Hall–Kier alpha value is -0.450. The quantitative estimate of drug-likeness (QED) is 0.855. The predicted molar refractivity (Wildman–Crippen MR) is 67.0 cm³/mol. The molecule has 16 heavy (non-hydrogen) atoms. The van der Waals surface area contributed by atoms with Crippen LogP contribution in [0.1, 0.15) is 29.7 Å². The van der Waals surface area contributed by atoms with Crippen LogP contribution >= 0.6 is 11.3 Å². The number of ether oxygens (including phenoxy) is 1. The summed E-state index contributed by atoms with van der Waals surface area (Å²) < 4.78 is 5.33. The number of thiazole rings is 1. The minimum atomic E-state index is 0.652. The van der Waals surface area contributed by atoms with E-state index >= 15 is 0 Å². The highest BCUT2D eigenvalue weighted by molar-refractivity contribution is 7.11. The Morgan fingerprint density at radius 1 is 1.50 bits per heavy atom. The normalized spacial score (nSPS) is 17.8. The molecule has 0 saturated carbocycles. The Morgan fingerprint density at radius 3 is 3.00 bits per heavy atom. The van der Waals surface area contributed by atoms with Crippen LogP contribution in [0.5, 0.6) is 0 Å². The molecule has 0 amide bonds. The van der Waals surface area contributed by atoms with Crippen LogP contribution in [0, 0.1) is 0 Å². The first-order valence-corrected chi connectivity index (χ1v) is 6.95. The molecule has 1 aromatic heterocycles. The fourth-order valence-corrected chi connectivity index (χ4v) is 2.77. The molecule has 0 spiro atoms. The van der Waals surface area contributed by atoms with Gasteiger partial charge in [0, 0.05) is 43.3 Å². The van der Waals surface area contributed by atoms with Crippen molar-refractivity contribution in [2.24, 2.45) is 0 Å². The number of nitrogens with zero attached hydrogens (tertiary/aromatic N) is 1. The molecule has 1 N–H and O–H groups in total. The van der Waals surface area contributed by atoms with Gasteiger partial charge in [0.05, 0.1) is 5.01 Å². The van der Waals surface area contributed by atoms with Crippen molar-refractivity contribution in [2.45, 2.75) is 38.6 Å². The molecule has 0 atom stereocenters. The lowest BCUT2D eigenvalue weighted by molar-refractivity contribution is 0.0782. The van der Waals surface area contributed by atoms with Gasteiger partial charge in [-0.2, -0.15) is 0 Å². The van der Waals surface area contributed by atoms with E-state index in [4.69, 9.17) is 4.74 Å². The summed E-state index contributed by atoms with van der Waals surface area (Å²) in [6.07, 6.45) is 6.47. The number of aromatic nitrogens is 1. The van der Waals surface area contributed by atoms with Gasteiger partial charge in [-0.1, -0.05) is 6.92 Å². The average molecular weight is 240 g/mol. The van der Waals surface area contributed by atoms with Gasteiger partial charge >= 0.3 is 0 Å². The van der Waals surface area contributed by atoms with E-state index in [1.165, 1.54) is 9.88 Å². The lowest BCUT2D eigenvalue weighted by Crippen LogP contribution is -2.35. The minimum absolute atomic E-state index is 0.652. The van der Waals surface area contributed by atoms with Gasteiger partial charge in [-0.05, 0) is 19.3 Å². The van der Waals surface area contributed by atoms with Crippen LogP contribution in [0.4, 0.5) is 0 Å². The van der Waals surface area contributed by atoms with Crippen molar-refractivity contribution in [3.8, 4) is 0 Å². The standard InChI is InChI=1S/C12H20N2OS/c1-2-11-9-14-12(16-11)3-6-13-10-4-7-15-8-5-10/h9-10,13H,2-8H2,1H3. The summed E-state index contributed by atoms with van der Waals surface area (Å²) in [5.41, 5.74) is 0. The van der Waals surface area contributed by atoms with Crippen molar-refractivity contribution in [3.05, 3.63) is 16.1 Å². The van der Waals surface area contributed by atoms with Crippen LogP contribution in [0.2, 0.25) is 0 Å². The van der Waals surface area contributed by atoms with Gasteiger partial charge in [-0.3, -0.25) is 0 Å². The van der Waals surface area contributed by atoms with Crippen LogP contribution in [0.25, 0.3) is 0 Å². The van der Waals surface area contributed by atoms with Gasteiger partial charge in [0.2, 0.25) is 0 Å². The minimum Gasteiger partial charge on any atom is -0.381 e. The van der Waals surface area contributed by atoms with E-state index in [9.17, 15) is 0 Å². The molecule has 0 aromatic carbocycles. The molecule has 90 valence electrons. The number of aryl methyl sites for hydroxylation is 1. The topological polar surface area (TPSA) is 34.2 Å². The molecule has 3 nitrogen and oxygen atoms in total. The van der Waals surface area contributed by atoms with Crippen LogP contribution in [0.15, 0.2) is 6.20 Å². The summed E-state index contributed by atoms with van der Waals surface area (Å²) >= 11 is 1.84. The van der Waals surface area contributed by atoms with Gasteiger partial charge < -0.3 is 10.1 Å². The Bertz CT molecular complexity index is 308. The summed E-state index contributed by atoms with van der Waals surface area (Å²) in [4.78, 5) is 5.81. The van der Waals surface area contributed by atoms with E-state index in [2.05, 4.69) is 17.2 Å². The summed E-state index contributed by atoms with van der Waals surface area (Å²) in [5, 5.41) is 4.84. The number of hydrogen-bond donors (Lipinski definition) is 1. The van der Waals surface area contributed by atoms with Gasteiger partial charge in [0.1, 0.15) is 0 Å². The summed E-state index contributed by atoms with van der Waals surface area (Å²) in [6.45, 7) is 5.04. The zero-order valence-corrected chi connectivity index (χ0v) is 10.7. The van der Waals surface area contributed by atoms with Crippen molar-refractivity contribution < 1.29 is 4.74 Å². The monoisotopic (exact) mass is 240 g/mol. The van der Waals surface area contributed by atoms with Crippen LogP contribution in [-0.4, -0.2) is 30.8 Å². The van der Waals surface area contributed by atoms with Crippen LogP contribution in [0.3, 0.4) is 0 Å². The molecule has 0 radical (unpaired) electrons. The zero-order chi connectivity index (χ0) is 11.2. The lowest BCUT2D eigenvalue weighted by Gasteiger charge is -2.22. The molecular weight excluding hydrogens is 220 g/mol. The Labute approximate surface area is 101 Å². The van der Waals surface area contributed by atoms with E-state index < -0.39 is 0 Å². The molecule has 1 aliphatic heterocycles. The summed E-state index contributed by atoms with van der Waals surface area (Å²) in [6, 6.07) is 0.652. The molecule has 4 heteroatoms. The molecule has 2 rings (SSSR count). The van der Waals surface area contributed by atoms with Crippen molar-refractivity contribution in [2.75, 3.05) is 19.8 Å². The van der Waals surface area contributed by atoms with E-state index in [-0.39, 0.29) is 0 Å². The third kappa shape index (κ3) is 3.54. The highest BCUT2D eigenvalue weighted by Gasteiger charge is 2.12. The highest BCUT2D eigenvalue weighted by Crippen LogP contribution is 2.13. The van der Waals surface area contributed by atoms with Gasteiger partial charge in [-0.15, -0.1) is 11.3 Å². The fraction of sp³-hybridized carbons (Fsp3) is 0.750. The lowest BCUT2D eigenvalue weighted by atomic mass is 10.1. The molecular formula is C12H20N2OS. The second-order valence-electron chi connectivity index (χ2n) is 4.16. The third-order valence-electron chi connectivity index (χ3n) is 2.94. The molecule has 2 heterocycles. The van der Waals surface area contributed by atoms with Crippen molar-refractivity contribution in [1.82, 2.24) is 10.3 Å². The van der Waals surface area contributed by atoms with Crippen LogP contribution in [-0.2, 0) is 17.6 Å². The second kappa shape index (κ2) is 6.33. The Morgan fingerprint density at radius 2 is 2.31 bits per heavy atom. The van der Waals surface area contributed by atoms with Crippen molar-refractivity contribution in [3.63, 3.8) is 0 Å². The molecule has 1 aromatic rings. The summed E-state index contributed by atoms with van der Waals surface area (Å²) in [7, 11) is 0. The first-order chi connectivity index (χ1) is 7.88. The zero-order valence-electron chi connectivity index (χ0n) is 9.87. The predicted octanol–water partition coefficient (Wildman–Crippen LogP) is 2.02. The maximum absolute atomic E-state index is 5.33. The maximum atomic E-state index is 5.33. The molecule has 1 fully saturated rings. The van der Waals surface area contributed by atoms with Crippen molar-refractivity contribution in [1.29, 1.82) is 0 Å². The third-order valence-corrected chi connectivity index (χ3v) is 4.14. The first-order valence-electron chi connectivity index (χ1n) is 6.13. The molecule has 1 saturated heterocycles. The number of hydrogen-bond acceptors (Lipinski definition) is 4. The Kier molecular flexibility index (Phi) is 4.75. The average Bonchev–Trinajstić information content (AvgIpc) is 2.78. The van der Waals surface area contributed by atoms with Crippen LogP contribution < -0.4 is 5.32 Å². The smallest absolute Gasteiger partial charge is 0.0940 e.